The third-order valence-corrected chi connectivity index (χ3v) is 7.56. The zero-order chi connectivity index (χ0) is 24.5. The average Bonchev–Trinajstić information content (AvgIpc) is 3.18. The van der Waals surface area contributed by atoms with Crippen LogP contribution in [0, 0.1) is 18.7 Å². The van der Waals surface area contributed by atoms with Crippen molar-refractivity contribution in [2.75, 3.05) is 32.9 Å². The number of carbonyl (C=O) groups excluding carboxylic acids is 1. The molecule has 1 aromatic heterocycles. The van der Waals surface area contributed by atoms with Gasteiger partial charge in [0.05, 0.1) is 6.67 Å². The van der Waals surface area contributed by atoms with E-state index in [1.165, 1.54) is 23.5 Å². The topological polar surface area (TPSA) is 49.8 Å². The molecule has 4 aromatic rings. The van der Waals surface area contributed by atoms with Gasteiger partial charge >= 0.3 is 0 Å². The summed E-state index contributed by atoms with van der Waals surface area (Å²) in [5, 5.41) is 10.7. The summed E-state index contributed by atoms with van der Waals surface area (Å²) in [6.07, 6.45) is 0. The third-order valence-electron chi connectivity index (χ3n) is 6.38. The average molecular weight is 494 g/mol. The van der Waals surface area contributed by atoms with E-state index in [1.807, 2.05) is 6.92 Å². The Hall–Kier alpha value is -3.29. The van der Waals surface area contributed by atoms with Crippen molar-refractivity contribution in [1.82, 2.24) is 4.90 Å². The number of thiophene rings is 1. The van der Waals surface area contributed by atoms with Crippen LogP contribution in [0.2, 0.25) is 0 Å². The minimum atomic E-state index is -0.329. The number of alkyl halides is 1. The van der Waals surface area contributed by atoms with E-state index >= 15 is 0 Å². The number of nitrogens with zero attached hydrogens (tertiary/aromatic N) is 1. The van der Waals surface area contributed by atoms with Crippen molar-refractivity contribution in [2.24, 2.45) is 5.92 Å². The van der Waals surface area contributed by atoms with Crippen molar-refractivity contribution in [3.8, 4) is 21.9 Å². The quantitative estimate of drug-likeness (QED) is 0.296. The number of carbonyl (C=O) groups is 1. The minimum absolute atomic E-state index is 0.125. The lowest BCUT2D eigenvalue weighted by molar-refractivity contribution is 0.0668. The highest BCUT2D eigenvalue weighted by Gasteiger charge is 2.26. The van der Waals surface area contributed by atoms with Crippen LogP contribution in [0.15, 0.2) is 60.7 Å². The smallest absolute Gasteiger partial charge is 0.195 e. The first-order valence-corrected chi connectivity index (χ1v) is 12.3. The van der Waals surface area contributed by atoms with Crippen molar-refractivity contribution < 1.29 is 23.4 Å². The molecule has 1 saturated heterocycles. The van der Waals surface area contributed by atoms with Gasteiger partial charge in [0, 0.05) is 51.6 Å². The molecule has 2 heterocycles. The molecule has 35 heavy (non-hydrogen) atoms. The zero-order valence-electron chi connectivity index (χ0n) is 19.3. The molecule has 1 fully saturated rings. The van der Waals surface area contributed by atoms with Gasteiger partial charge in [-0.25, -0.2) is 4.39 Å². The Morgan fingerprint density at radius 3 is 2.60 bits per heavy atom. The normalized spacial score (nSPS) is 14.3. The molecule has 0 unspecified atom stereocenters. The molecule has 180 valence electrons. The number of hydrogen-bond acceptors (Lipinski definition) is 5. The number of phenolic OH excluding ortho intramolecular Hbond substituents is 1. The Kier molecular flexibility index (Phi) is 6.54. The summed E-state index contributed by atoms with van der Waals surface area (Å²) in [6.45, 7) is 4.34. The van der Waals surface area contributed by atoms with Crippen molar-refractivity contribution in [2.45, 2.75) is 6.92 Å². The summed E-state index contributed by atoms with van der Waals surface area (Å²) in [4.78, 5) is 16.6. The maximum atomic E-state index is 13.7. The van der Waals surface area contributed by atoms with Gasteiger partial charge in [0.2, 0.25) is 0 Å². The van der Waals surface area contributed by atoms with Crippen molar-refractivity contribution in [1.29, 1.82) is 0 Å². The van der Waals surface area contributed by atoms with Gasteiger partial charge in [-0.2, -0.15) is 0 Å². The van der Waals surface area contributed by atoms with Gasteiger partial charge in [0.1, 0.15) is 23.9 Å². The predicted molar refractivity (Wildman–Crippen MR) is 135 cm³/mol. The van der Waals surface area contributed by atoms with Crippen molar-refractivity contribution in [3.63, 3.8) is 0 Å². The Morgan fingerprint density at radius 2 is 1.89 bits per heavy atom. The number of halogens is 2. The number of aryl methyl sites for hydroxylation is 1. The van der Waals surface area contributed by atoms with Crippen LogP contribution in [-0.4, -0.2) is 48.7 Å². The van der Waals surface area contributed by atoms with Gasteiger partial charge in [-0.05, 0) is 72.6 Å². The van der Waals surface area contributed by atoms with Gasteiger partial charge in [0.15, 0.2) is 5.78 Å². The zero-order valence-corrected chi connectivity index (χ0v) is 20.1. The van der Waals surface area contributed by atoms with Crippen LogP contribution in [-0.2, 0) is 0 Å². The lowest BCUT2D eigenvalue weighted by atomic mass is 9.96. The highest BCUT2D eigenvalue weighted by Crippen LogP contribution is 2.42. The molecule has 0 spiro atoms. The molecule has 0 radical (unpaired) electrons. The summed E-state index contributed by atoms with van der Waals surface area (Å²) in [5.74, 6) is 0.467. The Balaban J connectivity index is 1.40. The fourth-order valence-corrected chi connectivity index (χ4v) is 5.80. The summed E-state index contributed by atoms with van der Waals surface area (Å²) >= 11 is 1.40. The molecule has 3 aromatic carbocycles. The van der Waals surface area contributed by atoms with E-state index in [0.717, 1.165) is 45.7 Å². The number of benzene rings is 3. The van der Waals surface area contributed by atoms with E-state index in [4.69, 9.17) is 4.74 Å². The Labute approximate surface area is 206 Å². The number of likely N-dealkylation sites (tertiary alicyclic amines) is 1. The largest absolute Gasteiger partial charge is 0.508 e. The van der Waals surface area contributed by atoms with Crippen LogP contribution >= 0.6 is 11.3 Å². The standard InChI is InChI=1S/C28H25F2NO3S/c1-17-12-20(30)4-8-23(17)28-26(24-9-5-21(32)13-25(24)35-28)27(33)19-2-6-22(7-3-19)34-11-10-31-15-18(14-29)16-31/h2-9,12-13,18,32H,10-11,14-16H2,1H3. The van der Waals surface area contributed by atoms with Crippen LogP contribution in [0.4, 0.5) is 8.78 Å². The maximum absolute atomic E-state index is 13.7. The van der Waals surface area contributed by atoms with Crippen LogP contribution in [0.5, 0.6) is 11.5 Å². The maximum Gasteiger partial charge on any atom is 0.195 e. The molecular weight excluding hydrogens is 468 g/mol. The van der Waals surface area contributed by atoms with Crippen LogP contribution < -0.4 is 4.74 Å². The number of ether oxygens (including phenoxy) is 1. The summed E-state index contributed by atoms with van der Waals surface area (Å²) < 4.78 is 32.9. The Morgan fingerprint density at radius 1 is 1.11 bits per heavy atom. The second-order valence-corrected chi connectivity index (χ2v) is 9.98. The first-order chi connectivity index (χ1) is 16.9. The first-order valence-electron chi connectivity index (χ1n) is 11.5. The SMILES string of the molecule is Cc1cc(F)ccc1-c1sc2cc(O)ccc2c1C(=O)c1ccc(OCCN2CC(CF)C2)cc1. The molecule has 0 aliphatic carbocycles. The lowest BCUT2D eigenvalue weighted by Gasteiger charge is -2.37. The van der Waals surface area contributed by atoms with E-state index in [-0.39, 0.29) is 29.9 Å². The summed E-state index contributed by atoms with van der Waals surface area (Å²) in [6, 6.07) is 16.5. The third kappa shape index (κ3) is 4.79. The molecule has 1 N–H and O–H groups in total. The highest BCUT2D eigenvalue weighted by molar-refractivity contribution is 7.22. The molecule has 1 aliphatic heterocycles. The summed E-state index contributed by atoms with van der Waals surface area (Å²) in [5.41, 5.74) is 2.57. The highest BCUT2D eigenvalue weighted by atomic mass is 32.1. The van der Waals surface area contributed by atoms with Gasteiger partial charge in [0.25, 0.3) is 0 Å². The number of fused-ring (bicyclic) bond motifs is 1. The molecule has 0 atom stereocenters. The monoisotopic (exact) mass is 493 g/mol. The van der Waals surface area contributed by atoms with E-state index < -0.39 is 0 Å². The van der Waals surface area contributed by atoms with E-state index in [2.05, 4.69) is 4.90 Å². The molecule has 0 amide bonds. The van der Waals surface area contributed by atoms with E-state index in [1.54, 1.807) is 48.5 Å². The van der Waals surface area contributed by atoms with E-state index in [9.17, 15) is 18.7 Å². The number of rotatable bonds is 8. The number of hydrogen-bond donors (Lipinski definition) is 1. The molecule has 0 bridgehead atoms. The second kappa shape index (κ2) is 9.76. The number of phenols is 1. The molecule has 1 aliphatic rings. The summed E-state index contributed by atoms with van der Waals surface area (Å²) in [7, 11) is 0. The molecule has 7 heteroatoms. The number of aromatic hydroxyl groups is 1. The molecule has 4 nitrogen and oxygen atoms in total. The van der Waals surface area contributed by atoms with Crippen molar-refractivity contribution >= 4 is 27.2 Å². The lowest BCUT2D eigenvalue weighted by Crippen LogP contribution is -2.49. The second-order valence-electron chi connectivity index (χ2n) is 8.93. The fourth-order valence-electron chi connectivity index (χ4n) is 4.48. The number of ketones is 1. The van der Waals surface area contributed by atoms with Crippen LogP contribution in [0.1, 0.15) is 21.5 Å². The van der Waals surface area contributed by atoms with E-state index in [0.29, 0.717) is 23.5 Å². The van der Waals surface area contributed by atoms with Crippen LogP contribution in [0.3, 0.4) is 0 Å². The first kappa shape index (κ1) is 23.5. The molecule has 0 saturated carbocycles. The van der Waals surface area contributed by atoms with Gasteiger partial charge in [-0.3, -0.25) is 14.1 Å². The fraction of sp³-hybridized carbons (Fsp3) is 0.250. The molecule has 5 rings (SSSR count). The Bertz CT molecular complexity index is 1380. The predicted octanol–water partition coefficient (Wildman–Crippen LogP) is 6.23. The minimum Gasteiger partial charge on any atom is -0.508 e. The van der Waals surface area contributed by atoms with Crippen molar-refractivity contribution in [3.05, 3.63) is 83.2 Å². The van der Waals surface area contributed by atoms with Gasteiger partial charge in [-0.15, -0.1) is 11.3 Å². The van der Waals surface area contributed by atoms with Crippen LogP contribution in [0.25, 0.3) is 20.5 Å². The molecular formula is C28H25F2NO3S. The van der Waals surface area contributed by atoms with Gasteiger partial charge in [-0.1, -0.05) is 6.07 Å². The van der Waals surface area contributed by atoms with Gasteiger partial charge < -0.3 is 9.84 Å².